The minimum atomic E-state index is -2.93. The second-order valence-electron chi connectivity index (χ2n) is 6.29. The van der Waals surface area contributed by atoms with Crippen molar-refractivity contribution in [3.05, 3.63) is 35.1 Å². The van der Waals surface area contributed by atoms with Crippen LogP contribution in [0.3, 0.4) is 0 Å². The van der Waals surface area contributed by atoms with Gasteiger partial charge in [0.25, 0.3) is 0 Å². The van der Waals surface area contributed by atoms with Gasteiger partial charge in [-0.15, -0.1) is 0 Å². The smallest absolute Gasteiger partial charge is 0.148 e. The fraction of sp³-hybridized carbons (Fsp3) is 0.625. The number of sulfone groups is 1. The summed E-state index contributed by atoms with van der Waals surface area (Å²) in [4.78, 5) is 4.29. The van der Waals surface area contributed by atoms with Gasteiger partial charge in [-0.2, -0.15) is 0 Å². The Morgan fingerprint density at radius 3 is 2.39 bits per heavy atom. The summed E-state index contributed by atoms with van der Waals surface area (Å²) >= 11 is 0. The number of benzene rings is 1. The van der Waals surface area contributed by atoms with Crippen LogP contribution in [0.15, 0.2) is 18.2 Å². The molecule has 7 heteroatoms. The van der Waals surface area contributed by atoms with Crippen molar-refractivity contribution in [1.29, 1.82) is 0 Å². The highest BCUT2D eigenvalue weighted by Gasteiger charge is 2.21. The fourth-order valence-electron chi connectivity index (χ4n) is 2.85. The van der Waals surface area contributed by atoms with E-state index in [-0.39, 0.29) is 11.6 Å². The Hall–Kier alpha value is -1.02. The van der Waals surface area contributed by atoms with Gasteiger partial charge in [-0.25, -0.2) is 12.8 Å². The molecule has 1 fully saturated rings. The van der Waals surface area contributed by atoms with E-state index in [1.807, 2.05) is 0 Å². The average molecular weight is 344 g/mol. The maximum absolute atomic E-state index is 13.1. The van der Waals surface area contributed by atoms with E-state index in [2.05, 4.69) is 9.80 Å². The number of β-amino-alcohol motifs (C(OH)–C–C–N with tert-alkyl or cyclic N) is 1. The molecule has 1 aromatic rings. The van der Waals surface area contributed by atoms with Crippen LogP contribution in [0.4, 0.5) is 4.39 Å². The maximum atomic E-state index is 13.1. The van der Waals surface area contributed by atoms with E-state index in [1.54, 1.807) is 13.0 Å². The zero-order chi connectivity index (χ0) is 17.0. The van der Waals surface area contributed by atoms with Gasteiger partial charge in [-0.05, 0) is 30.2 Å². The summed E-state index contributed by atoms with van der Waals surface area (Å²) in [6.07, 6.45) is 0.614. The van der Waals surface area contributed by atoms with E-state index in [0.717, 1.165) is 37.3 Å². The van der Waals surface area contributed by atoms with Gasteiger partial charge >= 0.3 is 0 Å². The second-order valence-corrected chi connectivity index (χ2v) is 8.55. The largest absolute Gasteiger partial charge is 0.387 e. The van der Waals surface area contributed by atoms with Crippen molar-refractivity contribution in [2.75, 3.05) is 51.3 Å². The molecular weight excluding hydrogens is 319 g/mol. The van der Waals surface area contributed by atoms with Crippen molar-refractivity contribution in [2.45, 2.75) is 13.0 Å². The summed E-state index contributed by atoms with van der Waals surface area (Å²) in [6, 6.07) is 4.44. The van der Waals surface area contributed by atoms with Crippen LogP contribution in [0.1, 0.15) is 17.2 Å². The minimum absolute atomic E-state index is 0.185. The van der Waals surface area contributed by atoms with Gasteiger partial charge in [0.1, 0.15) is 15.7 Å². The third-order valence-corrected chi connectivity index (χ3v) is 5.19. The van der Waals surface area contributed by atoms with E-state index >= 15 is 0 Å². The van der Waals surface area contributed by atoms with Crippen LogP contribution in [-0.4, -0.2) is 74.6 Å². The standard InChI is InChI=1S/C16H25FN2O3S/c1-13-11-14(17)3-4-15(13)16(20)12-19-7-5-18(6-8-19)9-10-23(2,21)22/h3-4,11,16,20H,5-10,12H2,1-2H3. The van der Waals surface area contributed by atoms with E-state index in [1.165, 1.54) is 18.4 Å². The Labute approximate surface area is 137 Å². The summed E-state index contributed by atoms with van der Waals surface area (Å²) < 4.78 is 35.5. The van der Waals surface area contributed by atoms with Gasteiger partial charge in [0, 0.05) is 45.5 Å². The Balaban J connectivity index is 1.81. The molecule has 1 atom stereocenters. The van der Waals surface area contributed by atoms with Gasteiger partial charge in [0.05, 0.1) is 11.9 Å². The van der Waals surface area contributed by atoms with E-state index in [9.17, 15) is 17.9 Å². The lowest BCUT2D eigenvalue weighted by atomic mass is 10.0. The molecule has 1 aliphatic rings. The first-order valence-electron chi connectivity index (χ1n) is 7.81. The first kappa shape index (κ1) is 18.3. The summed E-state index contributed by atoms with van der Waals surface area (Å²) in [5.41, 5.74) is 1.51. The minimum Gasteiger partial charge on any atom is -0.387 e. The lowest BCUT2D eigenvalue weighted by molar-refractivity contribution is 0.0743. The van der Waals surface area contributed by atoms with Crippen LogP contribution in [0, 0.1) is 12.7 Å². The van der Waals surface area contributed by atoms with Gasteiger partial charge in [-0.1, -0.05) is 6.07 Å². The van der Waals surface area contributed by atoms with Crippen molar-refractivity contribution in [3.8, 4) is 0 Å². The monoisotopic (exact) mass is 344 g/mol. The number of hydrogen-bond donors (Lipinski definition) is 1. The molecule has 23 heavy (non-hydrogen) atoms. The van der Waals surface area contributed by atoms with Crippen molar-refractivity contribution in [3.63, 3.8) is 0 Å². The summed E-state index contributed by atoms with van der Waals surface area (Å²) in [6.45, 7) is 6.04. The highest BCUT2D eigenvalue weighted by molar-refractivity contribution is 7.90. The first-order valence-corrected chi connectivity index (χ1v) is 9.87. The lowest BCUT2D eigenvalue weighted by Gasteiger charge is -2.35. The van der Waals surface area contributed by atoms with Crippen LogP contribution in [-0.2, 0) is 9.84 Å². The Morgan fingerprint density at radius 1 is 1.22 bits per heavy atom. The third-order valence-electron chi connectivity index (χ3n) is 4.27. The van der Waals surface area contributed by atoms with E-state index < -0.39 is 15.9 Å². The number of aliphatic hydroxyl groups is 1. The molecule has 5 nitrogen and oxygen atoms in total. The van der Waals surface area contributed by atoms with Gasteiger partial charge in [0.2, 0.25) is 0 Å². The van der Waals surface area contributed by atoms with Crippen LogP contribution in [0.25, 0.3) is 0 Å². The SMILES string of the molecule is Cc1cc(F)ccc1C(O)CN1CCN(CCS(C)(=O)=O)CC1. The summed E-state index contributed by atoms with van der Waals surface area (Å²) in [5.74, 6) is -0.109. The molecule has 0 amide bonds. The van der Waals surface area contributed by atoms with Crippen molar-refractivity contribution >= 4 is 9.84 Å². The zero-order valence-electron chi connectivity index (χ0n) is 13.7. The number of rotatable bonds is 6. The quantitative estimate of drug-likeness (QED) is 0.828. The van der Waals surface area contributed by atoms with Crippen LogP contribution >= 0.6 is 0 Å². The summed E-state index contributed by atoms with van der Waals surface area (Å²) in [5, 5.41) is 10.4. The van der Waals surface area contributed by atoms with Crippen LogP contribution in [0.2, 0.25) is 0 Å². The van der Waals surface area contributed by atoms with Gasteiger partial charge in [0.15, 0.2) is 0 Å². The summed E-state index contributed by atoms with van der Waals surface area (Å²) in [7, 11) is -2.93. The lowest BCUT2D eigenvalue weighted by Crippen LogP contribution is -2.48. The number of nitrogens with zero attached hydrogens (tertiary/aromatic N) is 2. The maximum Gasteiger partial charge on any atom is 0.148 e. The molecular formula is C16H25FN2O3S. The number of hydrogen-bond acceptors (Lipinski definition) is 5. The molecule has 0 bridgehead atoms. The molecule has 1 aliphatic heterocycles. The van der Waals surface area contributed by atoms with Crippen LogP contribution in [0.5, 0.6) is 0 Å². The molecule has 1 saturated heterocycles. The zero-order valence-corrected chi connectivity index (χ0v) is 14.5. The molecule has 0 spiro atoms. The van der Waals surface area contributed by atoms with E-state index in [4.69, 9.17) is 0 Å². The predicted molar refractivity (Wildman–Crippen MR) is 88.7 cm³/mol. The first-order chi connectivity index (χ1) is 10.7. The van der Waals surface area contributed by atoms with Gasteiger partial charge in [-0.3, -0.25) is 9.80 Å². The molecule has 0 aromatic heterocycles. The Kier molecular flexibility index (Phi) is 6.13. The second kappa shape index (κ2) is 7.70. The van der Waals surface area contributed by atoms with Crippen molar-refractivity contribution in [2.24, 2.45) is 0 Å². The number of aryl methyl sites for hydroxylation is 1. The number of halogens is 1. The highest BCUT2D eigenvalue weighted by atomic mass is 32.2. The number of aliphatic hydroxyl groups excluding tert-OH is 1. The molecule has 1 N–H and O–H groups in total. The third kappa shape index (κ3) is 5.84. The Morgan fingerprint density at radius 2 is 1.83 bits per heavy atom. The number of piperazine rings is 1. The normalized spacial score (nSPS) is 19.0. The average Bonchev–Trinajstić information content (AvgIpc) is 2.45. The predicted octanol–water partition coefficient (Wildman–Crippen LogP) is 0.830. The van der Waals surface area contributed by atoms with Gasteiger partial charge < -0.3 is 5.11 Å². The highest BCUT2D eigenvalue weighted by Crippen LogP contribution is 2.20. The molecule has 130 valence electrons. The topological polar surface area (TPSA) is 60.9 Å². The molecule has 0 aliphatic carbocycles. The molecule has 1 heterocycles. The molecule has 1 aromatic carbocycles. The van der Waals surface area contributed by atoms with Crippen molar-refractivity contribution < 1.29 is 17.9 Å². The molecule has 1 unspecified atom stereocenters. The van der Waals surface area contributed by atoms with E-state index in [0.29, 0.717) is 13.1 Å². The Bertz CT molecular complexity index is 628. The fourth-order valence-corrected chi connectivity index (χ4v) is 3.44. The van der Waals surface area contributed by atoms with Crippen molar-refractivity contribution in [1.82, 2.24) is 9.80 Å². The molecule has 0 saturated carbocycles. The molecule has 2 rings (SSSR count). The van der Waals surface area contributed by atoms with Crippen LogP contribution < -0.4 is 0 Å². The molecule has 0 radical (unpaired) electrons.